The van der Waals surface area contributed by atoms with Crippen molar-refractivity contribution < 1.29 is 18.3 Å². The van der Waals surface area contributed by atoms with Gasteiger partial charge >= 0.3 is 0 Å². The zero-order valence-corrected chi connectivity index (χ0v) is 16.5. The van der Waals surface area contributed by atoms with Crippen LogP contribution in [0.3, 0.4) is 0 Å². The summed E-state index contributed by atoms with van der Waals surface area (Å²) in [5.41, 5.74) is 8.56. The smallest absolute Gasteiger partial charge is 0.163 e. The highest BCUT2D eigenvalue weighted by molar-refractivity contribution is 5.83. The minimum Gasteiger partial charge on any atom is -0.493 e. The van der Waals surface area contributed by atoms with Crippen LogP contribution in [0.25, 0.3) is 10.9 Å². The maximum atomic E-state index is 13.7. The summed E-state index contributed by atoms with van der Waals surface area (Å²) >= 11 is 0. The van der Waals surface area contributed by atoms with Crippen molar-refractivity contribution in [3.63, 3.8) is 0 Å². The van der Waals surface area contributed by atoms with E-state index < -0.39 is 0 Å². The fraction of sp³-hybridized carbons (Fsp3) is 0.391. The molecule has 29 heavy (non-hydrogen) atoms. The van der Waals surface area contributed by atoms with E-state index in [0.29, 0.717) is 29.9 Å². The predicted octanol–water partition coefficient (Wildman–Crippen LogP) is 5.13. The number of nitrogens with one attached hydrogen (secondary N) is 1. The third-order valence-corrected chi connectivity index (χ3v) is 6.05. The van der Waals surface area contributed by atoms with Gasteiger partial charge in [0.05, 0.1) is 7.11 Å². The fourth-order valence-electron chi connectivity index (χ4n) is 4.39. The van der Waals surface area contributed by atoms with Crippen LogP contribution >= 0.6 is 0 Å². The van der Waals surface area contributed by atoms with Gasteiger partial charge in [-0.05, 0) is 73.4 Å². The van der Waals surface area contributed by atoms with Gasteiger partial charge in [0.1, 0.15) is 18.2 Å². The lowest BCUT2D eigenvalue weighted by Crippen LogP contribution is -2.37. The largest absolute Gasteiger partial charge is 0.493 e. The highest BCUT2D eigenvalue weighted by Crippen LogP contribution is 2.39. The van der Waals surface area contributed by atoms with Crippen LogP contribution in [0.4, 0.5) is 8.78 Å². The van der Waals surface area contributed by atoms with E-state index in [1.54, 1.807) is 18.2 Å². The molecule has 6 heteroatoms. The average molecular weight is 400 g/mol. The first kappa shape index (κ1) is 19.7. The summed E-state index contributed by atoms with van der Waals surface area (Å²) in [7, 11) is 1.49. The van der Waals surface area contributed by atoms with Crippen LogP contribution in [-0.2, 0) is 0 Å². The van der Waals surface area contributed by atoms with Crippen molar-refractivity contribution in [2.24, 2.45) is 11.7 Å². The molecule has 1 aromatic heterocycles. The van der Waals surface area contributed by atoms with Gasteiger partial charge in [0.25, 0.3) is 0 Å². The van der Waals surface area contributed by atoms with E-state index in [1.807, 2.05) is 6.20 Å². The lowest BCUT2D eigenvalue weighted by Gasteiger charge is -2.32. The number of hydrogen-bond acceptors (Lipinski definition) is 3. The molecule has 0 aliphatic heterocycles. The molecular formula is C23H26F2N2O2. The topological polar surface area (TPSA) is 60.3 Å². The molecule has 4 rings (SSSR count). The van der Waals surface area contributed by atoms with Crippen molar-refractivity contribution >= 4 is 10.9 Å². The minimum absolute atomic E-state index is 0.105. The normalized spacial score (nSPS) is 20.6. The number of nitrogens with two attached hydrogens (primary N) is 1. The Morgan fingerprint density at radius 2 is 1.76 bits per heavy atom. The monoisotopic (exact) mass is 400 g/mol. The number of H-pyrrole nitrogens is 1. The van der Waals surface area contributed by atoms with Crippen LogP contribution < -0.4 is 15.2 Å². The molecule has 3 N–H and O–H groups in total. The molecule has 1 aliphatic rings. The number of halogens is 2. The Bertz CT molecular complexity index is 980. The van der Waals surface area contributed by atoms with Crippen molar-refractivity contribution in [3.05, 3.63) is 59.8 Å². The van der Waals surface area contributed by atoms with Crippen LogP contribution in [0.15, 0.2) is 42.6 Å². The van der Waals surface area contributed by atoms with Gasteiger partial charge in [0.2, 0.25) is 0 Å². The summed E-state index contributed by atoms with van der Waals surface area (Å²) in [5.74, 6) is 1.06. The molecule has 1 fully saturated rings. The number of benzene rings is 2. The molecule has 1 unspecified atom stereocenters. The predicted molar refractivity (Wildman–Crippen MR) is 109 cm³/mol. The lowest BCUT2D eigenvalue weighted by molar-refractivity contribution is 0.201. The maximum absolute atomic E-state index is 13.7. The summed E-state index contributed by atoms with van der Waals surface area (Å²) < 4.78 is 37.9. The molecule has 2 aromatic carbocycles. The summed E-state index contributed by atoms with van der Waals surface area (Å²) in [5, 5.41) is 0.976. The molecule has 3 aromatic rings. The highest BCUT2D eigenvalue weighted by Gasteiger charge is 2.28. The molecule has 1 saturated carbocycles. The third kappa shape index (κ3) is 4.22. The summed E-state index contributed by atoms with van der Waals surface area (Å²) in [6.45, 7) is 0.357. The van der Waals surface area contributed by atoms with E-state index in [9.17, 15) is 8.78 Å². The van der Waals surface area contributed by atoms with Crippen LogP contribution in [0.5, 0.6) is 11.5 Å². The van der Waals surface area contributed by atoms with Gasteiger partial charge in [-0.25, -0.2) is 8.78 Å². The number of methoxy groups -OCH3 is 1. The van der Waals surface area contributed by atoms with E-state index in [4.69, 9.17) is 15.2 Å². The molecule has 1 heterocycles. The second-order valence-electron chi connectivity index (χ2n) is 7.82. The Kier molecular flexibility index (Phi) is 5.72. The Labute approximate surface area is 169 Å². The summed E-state index contributed by atoms with van der Waals surface area (Å²) in [6, 6.07) is 8.99. The first-order chi connectivity index (χ1) is 14.0. The molecule has 0 radical (unpaired) electrons. The number of fused-ring (bicyclic) bond motifs is 1. The van der Waals surface area contributed by atoms with Gasteiger partial charge < -0.3 is 20.2 Å². The Hall–Kier alpha value is -2.60. The maximum Gasteiger partial charge on any atom is 0.163 e. The van der Waals surface area contributed by atoms with Crippen LogP contribution in [0.2, 0.25) is 0 Å². The first-order valence-corrected chi connectivity index (χ1v) is 10.0. The highest BCUT2D eigenvalue weighted by atomic mass is 19.1. The van der Waals surface area contributed by atoms with Crippen LogP contribution in [-0.4, -0.2) is 24.7 Å². The zero-order chi connectivity index (χ0) is 20.4. The number of aromatic nitrogens is 1. The van der Waals surface area contributed by atoms with E-state index in [-0.39, 0.29) is 17.7 Å². The molecule has 0 saturated heterocycles. The average Bonchev–Trinajstić information content (AvgIpc) is 3.15. The molecule has 0 amide bonds. The molecule has 1 atom stereocenters. The van der Waals surface area contributed by atoms with Gasteiger partial charge in [-0.2, -0.15) is 0 Å². The van der Waals surface area contributed by atoms with E-state index in [0.717, 1.165) is 36.6 Å². The third-order valence-electron chi connectivity index (χ3n) is 6.05. The standard InChI is InChI=1S/C23H26F2N2O2/c1-28-23-11-17(25)7-9-22(23)29-13-20(26)15-4-2-14(3-5-15)19-12-27-21-8-6-16(24)10-18(19)21/h6-12,14-15,20,27H,2-5,13,26H2,1H3. The lowest BCUT2D eigenvalue weighted by atomic mass is 9.76. The molecular weight excluding hydrogens is 374 g/mol. The molecule has 1 aliphatic carbocycles. The van der Waals surface area contributed by atoms with Crippen molar-refractivity contribution in [2.45, 2.75) is 37.6 Å². The number of ether oxygens (including phenoxy) is 2. The van der Waals surface area contributed by atoms with Gasteiger partial charge in [0, 0.05) is 29.2 Å². The summed E-state index contributed by atoms with van der Waals surface area (Å²) in [6.07, 6.45) is 6.04. The van der Waals surface area contributed by atoms with E-state index in [1.165, 1.54) is 30.9 Å². The van der Waals surface area contributed by atoms with Crippen LogP contribution in [0.1, 0.15) is 37.2 Å². The minimum atomic E-state index is -0.367. The Balaban J connectivity index is 1.35. The zero-order valence-electron chi connectivity index (χ0n) is 16.5. The fourth-order valence-corrected chi connectivity index (χ4v) is 4.39. The number of rotatable bonds is 6. The van der Waals surface area contributed by atoms with Gasteiger partial charge in [-0.15, -0.1) is 0 Å². The molecule has 154 valence electrons. The Morgan fingerprint density at radius 3 is 2.52 bits per heavy atom. The number of aromatic amines is 1. The van der Waals surface area contributed by atoms with Gasteiger partial charge in [-0.3, -0.25) is 0 Å². The quantitative estimate of drug-likeness (QED) is 0.603. The molecule has 0 spiro atoms. The molecule has 0 bridgehead atoms. The van der Waals surface area contributed by atoms with Gasteiger partial charge in [-0.1, -0.05) is 0 Å². The van der Waals surface area contributed by atoms with E-state index >= 15 is 0 Å². The SMILES string of the molecule is COc1cc(F)ccc1OCC(N)C1CCC(c2c[nH]c3ccc(F)cc23)CC1. The van der Waals surface area contributed by atoms with Crippen molar-refractivity contribution in [2.75, 3.05) is 13.7 Å². The van der Waals surface area contributed by atoms with Crippen molar-refractivity contribution in [3.8, 4) is 11.5 Å². The number of hydrogen-bond donors (Lipinski definition) is 2. The first-order valence-electron chi connectivity index (χ1n) is 10.0. The second kappa shape index (κ2) is 8.41. The van der Waals surface area contributed by atoms with Crippen molar-refractivity contribution in [1.82, 2.24) is 4.98 Å². The van der Waals surface area contributed by atoms with Gasteiger partial charge in [0.15, 0.2) is 11.5 Å². The van der Waals surface area contributed by atoms with Crippen molar-refractivity contribution in [1.29, 1.82) is 0 Å². The molecule has 4 nitrogen and oxygen atoms in total. The van der Waals surface area contributed by atoms with E-state index in [2.05, 4.69) is 4.98 Å². The second-order valence-corrected chi connectivity index (χ2v) is 7.82. The Morgan fingerprint density at radius 1 is 1.03 bits per heavy atom. The van der Waals surface area contributed by atoms with Crippen LogP contribution in [0, 0.1) is 17.6 Å². The summed E-state index contributed by atoms with van der Waals surface area (Å²) in [4.78, 5) is 3.25.